The third-order valence-corrected chi connectivity index (χ3v) is 7.48. The molecule has 1 atom stereocenters. The number of thiazole rings is 1. The zero-order valence-corrected chi connectivity index (χ0v) is 21.6. The zero-order chi connectivity index (χ0) is 27.4. The number of carbonyl (C=O) groups excluding carboxylic acids is 3. The molecule has 1 saturated heterocycles. The van der Waals surface area contributed by atoms with E-state index >= 15 is 0 Å². The standard InChI is InChI=1S/C27H26F3N3O4S/c1-16(26(36)37-2)31-23(34)22-15-38-24(32-22)18-11-13-33(14-12-18)25(35)21-6-4-3-5-20(21)17-7-9-19(10-8-17)27(28,29)30/h3-10,15-16,18H,11-14H2,1-2H3,(H,31,34)/t16-/m0/s1. The van der Waals surface area contributed by atoms with Crippen molar-refractivity contribution in [1.29, 1.82) is 0 Å². The number of likely N-dealkylation sites (tertiary alicyclic amines) is 1. The molecule has 11 heteroatoms. The molecule has 0 radical (unpaired) electrons. The monoisotopic (exact) mass is 545 g/mol. The van der Waals surface area contributed by atoms with Crippen LogP contribution >= 0.6 is 11.3 Å². The van der Waals surface area contributed by atoms with E-state index < -0.39 is 29.7 Å². The Kier molecular flexibility index (Phi) is 8.15. The van der Waals surface area contributed by atoms with Gasteiger partial charge in [0, 0.05) is 30.0 Å². The van der Waals surface area contributed by atoms with Crippen molar-refractivity contribution in [2.75, 3.05) is 20.2 Å². The molecule has 1 N–H and O–H groups in total. The van der Waals surface area contributed by atoms with E-state index in [1.165, 1.54) is 37.5 Å². The summed E-state index contributed by atoms with van der Waals surface area (Å²) in [6.45, 7) is 2.48. The van der Waals surface area contributed by atoms with Crippen LogP contribution in [0.5, 0.6) is 0 Å². The Hall–Kier alpha value is -3.73. The molecule has 1 aliphatic heterocycles. The van der Waals surface area contributed by atoms with E-state index in [-0.39, 0.29) is 17.5 Å². The number of halogens is 3. The Morgan fingerprint density at radius 3 is 2.37 bits per heavy atom. The van der Waals surface area contributed by atoms with Gasteiger partial charge in [0.15, 0.2) is 0 Å². The maximum absolute atomic E-state index is 13.4. The van der Waals surface area contributed by atoms with E-state index in [0.29, 0.717) is 42.6 Å². The number of esters is 1. The van der Waals surface area contributed by atoms with Crippen molar-refractivity contribution in [3.63, 3.8) is 0 Å². The lowest BCUT2D eigenvalue weighted by Gasteiger charge is -2.31. The summed E-state index contributed by atoms with van der Waals surface area (Å²) in [5.74, 6) is -1.12. The number of nitrogens with zero attached hydrogens (tertiary/aromatic N) is 2. The van der Waals surface area contributed by atoms with Crippen molar-refractivity contribution in [2.24, 2.45) is 0 Å². The average Bonchev–Trinajstić information content (AvgIpc) is 3.42. The number of nitrogens with one attached hydrogen (secondary N) is 1. The summed E-state index contributed by atoms with van der Waals surface area (Å²) in [6, 6.07) is 10.9. The van der Waals surface area contributed by atoms with Crippen LogP contribution in [0.4, 0.5) is 13.2 Å². The van der Waals surface area contributed by atoms with Gasteiger partial charge in [-0.05, 0) is 49.1 Å². The number of hydrogen-bond acceptors (Lipinski definition) is 6. The summed E-state index contributed by atoms with van der Waals surface area (Å²) in [4.78, 5) is 43.5. The van der Waals surface area contributed by atoms with Crippen molar-refractivity contribution in [3.8, 4) is 11.1 Å². The van der Waals surface area contributed by atoms with E-state index in [1.54, 1.807) is 34.5 Å². The molecule has 0 bridgehead atoms. The van der Waals surface area contributed by atoms with Gasteiger partial charge in [-0.15, -0.1) is 11.3 Å². The summed E-state index contributed by atoms with van der Waals surface area (Å²) >= 11 is 1.36. The highest BCUT2D eigenvalue weighted by molar-refractivity contribution is 7.09. The van der Waals surface area contributed by atoms with Crippen LogP contribution in [0.25, 0.3) is 11.1 Å². The molecule has 7 nitrogen and oxygen atoms in total. The molecule has 0 spiro atoms. The van der Waals surface area contributed by atoms with E-state index in [0.717, 1.165) is 17.1 Å². The SMILES string of the molecule is COC(=O)[C@H](C)NC(=O)c1csc(C2CCN(C(=O)c3ccccc3-c3ccc(C(F)(F)F)cc3)CC2)n1. The highest BCUT2D eigenvalue weighted by Crippen LogP contribution is 2.34. The second kappa shape index (κ2) is 11.3. The molecule has 4 rings (SSSR count). The van der Waals surface area contributed by atoms with Crippen LogP contribution in [-0.2, 0) is 15.7 Å². The number of ether oxygens (including phenoxy) is 1. The van der Waals surface area contributed by atoms with Gasteiger partial charge in [0.1, 0.15) is 11.7 Å². The molecule has 200 valence electrons. The summed E-state index contributed by atoms with van der Waals surface area (Å²) in [7, 11) is 1.25. The largest absolute Gasteiger partial charge is 0.467 e. The fourth-order valence-electron chi connectivity index (χ4n) is 4.35. The van der Waals surface area contributed by atoms with Crippen LogP contribution in [0, 0.1) is 0 Å². The molecule has 0 saturated carbocycles. The molecule has 2 amide bonds. The summed E-state index contributed by atoms with van der Waals surface area (Å²) in [5, 5.41) is 4.99. The average molecular weight is 546 g/mol. The summed E-state index contributed by atoms with van der Waals surface area (Å²) in [5.41, 5.74) is 1.02. The van der Waals surface area contributed by atoms with Gasteiger partial charge in [-0.25, -0.2) is 9.78 Å². The first-order valence-corrected chi connectivity index (χ1v) is 12.9. The van der Waals surface area contributed by atoms with E-state index in [1.807, 2.05) is 0 Å². The van der Waals surface area contributed by atoms with Gasteiger partial charge in [-0.1, -0.05) is 30.3 Å². The smallest absolute Gasteiger partial charge is 0.416 e. The molecule has 1 aliphatic rings. The Morgan fingerprint density at radius 1 is 1.08 bits per heavy atom. The van der Waals surface area contributed by atoms with E-state index in [2.05, 4.69) is 15.0 Å². The highest BCUT2D eigenvalue weighted by Gasteiger charge is 2.31. The van der Waals surface area contributed by atoms with Crippen molar-refractivity contribution < 1.29 is 32.3 Å². The number of amides is 2. The Balaban J connectivity index is 1.41. The Morgan fingerprint density at radius 2 is 1.74 bits per heavy atom. The number of benzene rings is 2. The topological polar surface area (TPSA) is 88.6 Å². The fourth-order valence-corrected chi connectivity index (χ4v) is 5.32. The second-order valence-electron chi connectivity index (χ2n) is 8.98. The van der Waals surface area contributed by atoms with E-state index in [4.69, 9.17) is 0 Å². The van der Waals surface area contributed by atoms with Gasteiger partial charge in [-0.2, -0.15) is 13.2 Å². The van der Waals surface area contributed by atoms with Crippen LogP contribution in [0.2, 0.25) is 0 Å². The lowest BCUT2D eigenvalue weighted by Crippen LogP contribution is -2.39. The summed E-state index contributed by atoms with van der Waals surface area (Å²) in [6.07, 6.45) is -3.12. The second-order valence-corrected chi connectivity index (χ2v) is 9.87. The fraction of sp³-hybridized carbons (Fsp3) is 0.333. The molecule has 0 unspecified atom stereocenters. The van der Waals surface area contributed by atoms with Gasteiger partial charge in [0.05, 0.1) is 17.7 Å². The molecule has 3 aromatic rings. The first-order valence-electron chi connectivity index (χ1n) is 12.0. The minimum absolute atomic E-state index is 0.0776. The van der Waals surface area contributed by atoms with Crippen LogP contribution in [0.1, 0.15) is 57.1 Å². The van der Waals surface area contributed by atoms with Gasteiger partial charge < -0.3 is 15.0 Å². The highest BCUT2D eigenvalue weighted by atomic mass is 32.1. The van der Waals surface area contributed by atoms with Crippen LogP contribution in [0.15, 0.2) is 53.9 Å². The van der Waals surface area contributed by atoms with Crippen molar-refractivity contribution in [2.45, 2.75) is 37.9 Å². The summed E-state index contributed by atoms with van der Waals surface area (Å²) < 4.78 is 43.5. The number of carbonyl (C=O) groups is 3. The lowest BCUT2D eigenvalue weighted by atomic mass is 9.94. The number of rotatable bonds is 6. The molecule has 2 aromatic carbocycles. The number of aromatic nitrogens is 1. The number of methoxy groups -OCH3 is 1. The molecule has 1 aromatic heterocycles. The first-order chi connectivity index (χ1) is 18.1. The molecular formula is C27H26F3N3O4S. The van der Waals surface area contributed by atoms with Crippen LogP contribution < -0.4 is 5.32 Å². The minimum atomic E-state index is -4.43. The number of alkyl halides is 3. The Labute approximate surface area is 221 Å². The molecule has 1 fully saturated rings. The number of piperidine rings is 1. The quantitative estimate of drug-likeness (QED) is 0.434. The third-order valence-electron chi connectivity index (χ3n) is 6.47. The van der Waals surface area contributed by atoms with Crippen molar-refractivity contribution in [3.05, 3.63) is 75.7 Å². The predicted molar refractivity (Wildman–Crippen MR) is 136 cm³/mol. The van der Waals surface area contributed by atoms with Crippen molar-refractivity contribution in [1.82, 2.24) is 15.2 Å². The van der Waals surface area contributed by atoms with Crippen LogP contribution in [0.3, 0.4) is 0 Å². The molecular weight excluding hydrogens is 519 g/mol. The van der Waals surface area contributed by atoms with Crippen LogP contribution in [-0.4, -0.2) is 53.9 Å². The first kappa shape index (κ1) is 27.3. The molecule has 2 heterocycles. The maximum atomic E-state index is 13.4. The van der Waals surface area contributed by atoms with E-state index in [9.17, 15) is 27.6 Å². The normalized spacial score (nSPS) is 15.1. The zero-order valence-electron chi connectivity index (χ0n) is 20.7. The van der Waals surface area contributed by atoms with Crippen molar-refractivity contribution >= 4 is 29.1 Å². The molecule has 38 heavy (non-hydrogen) atoms. The van der Waals surface area contributed by atoms with Gasteiger partial charge in [0.2, 0.25) is 0 Å². The maximum Gasteiger partial charge on any atom is 0.416 e. The predicted octanol–water partition coefficient (Wildman–Crippen LogP) is 5.14. The number of hydrogen-bond donors (Lipinski definition) is 1. The van der Waals surface area contributed by atoms with Gasteiger partial charge in [0.25, 0.3) is 11.8 Å². The Bertz CT molecular complexity index is 1320. The molecule has 0 aliphatic carbocycles. The minimum Gasteiger partial charge on any atom is -0.467 e. The third kappa shape index (κ3) is 6.04. The lowest BCUT2D eigenvalue weighted by molar-refractivity contribution is -0.142. The van der Waals surface area contributed by atoms with Gasteiger partial charge >= 0.3 is 12.1 Å². The van der Waals surface area contributed by atoms with Gasteiger partial charge in [-0.3, -0.25) is 9.59 Å².